The number of amides is 1. The minimum atomic E-state index is -0.828. The van der Waals surface area contributed by atoms with Gasteiger partial charge in [0.2, 0.25) is 0 Å². The number of aromatic hydroxyl groups is 1. The van der Waals surface area contributed by atoms with Gasteiger partial charge < -0.3 is 15.1 Å². The molecule has 0 atom stereocenters. The van der Waals surface area contributed by atoms with Crippen molar-refractivity contribution < 1.29 is 19.8 Å². The second-order valence-corrected chi connectivity index (χ2v) is 5.35. The number of rotatable bonds is 3. The highest BCUT2D eigenvalue weighted by Gasteiger charge is 2.40. The van der Waals surface area contributed by atoms with E-state index in [0.717, 1.165) is 6.07 Å². The van der Waals surface area contributed by atoms with Gasteiger partial charge in [0, 0.05) is 25.2 Å². The Balaban J connectivity index is 2.13. The second-order valence-electron chi connectivity index (χ2n) is 5.35. The molecule has 3 N–H and O–H groups in total. The fourth-order valence-corrected chi connectivity index (χ4v) is 2.69. The zero-order valence-electron chi connectivity index (χ0n) is 11.8. The van der Waals surface area contributed by atoms with Crippen molar-refractivity contribution in [1.82, 2.24) is 9.88 Å². The number of H-pyrrole nitrogens is 1. The highest BCUT2D eigenvalue weighted by atomic mass is 16.4. The van der Waals surface area contributed by atoms with Crippen LogP contribution in [0.2, 0.25) is 0 Å². The van der Waals surface area contributed by atoms with E-state index in [1.54, 1.807) is 0 Å². The number of carboxylic acids is 1. The molecule has 0 aliphatic carbocycles. The van der Waals surface area contributed by atoms with Crippen LogP contribution in [0.15, 0.2) is 16.9 Å². The Kier molecular flexibility index (Phi) is 4.02. The molecule has 0 radical (unpaired) electrons. The molecule has 0 saturated carbocycles. The van der Waals surface area contributed by atoms with Crippen LogP contribution in [0, 0.1) is 5.41 Å². The molecule has 0 aromatic carbocycles. The van der Waals surface area contributed by atoms with Crippen LogP contribution >= 0.6 is 0 Å². The number of piperidine rings is 1. The molecular formula is C14H18N2O5. The largest absolute Gasteiger partial charge is 0.494 e. The molecule has 7 heteroatoms. The molecule has 0 spiro atoms. The van der Waals surface area contributed by atoms with Crippen LogP contribution in [-0.2, 0) is 4.79 Å². The van der Waals surface area contributed by atoms with Crippen molar-refractivity contribution in [3.8, 4) is 5.88 Å². The topological polar surface area (TPSA) is 111 Å². The summed E-state index contributed by atoms with van der Waals surface area (Å²) in [7, 11) is 0. The Morgan fingerprint density at radius 3 is 2.43 bits per heavy atom. The maximum absolute atomic E-state index is 12.3. The normalized spacial score (nSPS) is 17.5. The van der Waals surface area contributed by atoms with Gasteiger partial charge in [-0.15, -0.1) is 0 Å². The zero-order chi connectivity index (χ0) is 15.6. The first-order chi connectivity index (χ1) is 9.88. The third-order valence-electron chi connectivity index (χ3n) is 4.22. The SMILES string of the molecule is CCC1(C(=O)O)CCN(C(=O)c2cc(O)[nH]c(=O)c2)CC1. The van der Waals surface area contributed by atoms with Gasteiger partial charge in [0.1, 0.15) is 0 Å². The number of nitrogens with one attached hydrogen (secondary N) is 1. The van der Waals surface area contributed by atoms with E-state index < -0.39 is 16.9 Å². The van der Waals surface area contributed by atoms with Crippen molar-refractivity contribution in [3.05, 3.63) is 28.0 Å². The summed E-state index contributed by atoms with van der Waals surface area (Å²) in [5.41, 5.74) is -1.22. The lowest BCUT2D eigenvalue weighted by Gasteiger charge is -2.38. The summed E-state index contributed by atoms with van der Waals surface area (Å²) in [6, 6.07) is 2.32. The van der Waals surface area contributed by atoms with Crippen molar-refractivity contribution in [1.29, 1.82) is 0 Å². The van der Waals surface area contributed by atoms with Crippen LogP contribution in [0.1, 0.15) is 36.5 Å². The molecule has 1 fully saturated rings. The molecule has 1 aliphatic heterocycles. The van der Waals surface area contributed by atoms with Gasteiger partial charge >= 0.3 is 5.97 Å². The molecule has 1 saturated heterocycles. The lowest BCUT2D eigenvalue weighted by molar-refractivity contribution is -0.152. The summed E-state index contributed by atoms with van der Waals surface area (Å²) < 4.78 is 0. The number of carbonyl (C=O) groups is 2. The van der Waals surface area contributed by atoms with Crippen molar-refractivity contribution in [3.63, 3.8) is 0 Å². The van der Waals surface area contributed by atoms with E-state index in [0.29, 0.717) is 32.4 Å². The predicted molar refractivity (Wildman–Crippen MR) is 74.2 cm³/mol. The van der Waals surface area contributed by atoms with E-state index in [4.69, 9.17) is 0 Å². The van der Waals surface area contributed by atoms with Crippen molar-refractivity contribution in [2.75, 3.05) is 13.1 Å². The number of carboxylic acid groups (broad SMARTS) is 1. The molecule has 1 aromatic rings. The van der Waals surface area contributed by atoms with Crippen LogP contribution in [-0.4, -0.2) is 45.1 Å². The van der Waals surface area contributed by atoms with Crippen molar-refractivity contribution in [2.24, 2.45) is 5.41 Å². The fraction of sp³-hybridized carbons (Fsp3) is 0.500. The zero-order valence-corrected chi connectivity index (χ0v) is 11.8. The molecule has 1 aromatic heterocycles. The van der Waals surface area contributed by atoms with Crippen LogP contribution < -0.4 is 5.56 Å². The van der Waals surface area contributed by atoms with E-state index >= 15 is 0 Å². The maximum atomic E-state index is 12.3. The highest BCUT2D eigenvalue weighted by Crippen LogP contribution is 2.35. The Bertz CT molecular complexity index is 614. The Hall–Kier alpha value is -2.31. The predicted octanol–water partition coefficient (Wildman–Crippen LogP) is 0.797. The first-order valence-electron chi connectivity index (χ1n) is 6.84. The van der Waals surface area contributed by atoms with E-state index in [2.05, 4.69) is 4.98 Å². The number of hydrogen-bond donors (Lipinski definition) is 3. The van der Waals surface area contributed by atoms with Gasteiger partial charge in [0.15, 0.2) is 5.88 Å². The van der Waals surface area contributed by atoms with Gasteiger partial charge in [0.25, 0.3) is 11.5 Å². The van der Waals surface area contributed by atoms with Crippen LogP contribution in [0.3, 0.4) is 0 Å². The third kappa shape index (κ3) is 2.91. The van der Waals surface area contributed by atoms with Gasteiger partial charge in [0.05, 0.1) is 11.0 Å². The average molecular weight is 294 g/mol. The molecule has 0 bridgehead atoms. The van der Waals surface area contributed by atoms with Crippen LogP contribution in [0.25, 0.3) is 0 Å². The lowest BCUT2D eigenvalue weighted by Crippen LogP contribution is -2.46. The molecule has 7 nitrogen and oxygen atoms in total. The van der Waals surface area contributed by atoms with Crippen molar-refractivity contribution in [2.45, 2.75) is 26.2 Å². The van der Waals surface area contributed by atoms with Gasteiger partial charge in [-0.2, -0.15) is 0 Å². The summed E-state index contributed by atoms with van der Waals surface area (Å²) in [6.45, 7) is 2.49. The number of likely N-dealkylation sites (tertiary alicyclic amines) is 1. The average Bonchev–Trinajstić information content (AvgIpc) is 2.45. The number of nitrogens with zero attached hydrogens (tertiary/aromatic N) is 1. The number of aromatic nitrogens is 1. The number of carbonyl (C=O) groups excluding carboxylic acids is 1. The summed E-state index contributed by atoms with van der Waals surface area (Å²) in [6.07, 6.45) is 1.30. The monoisotopic (exact) mass is 294 g/mol. The number of aromatic amines is 1. The summed E-state index contributed by atoms with van der Waals surface area (Å²) >= 11 is 0. The lowest BCUT2D eigenvalue weighted by atomic mass is 9.76. The molecule has 114 valence electrons. The number of pyridine rings is 1. The summed E-state index contributed by atoms with van der Waals surface area (Å²) in [4.78, 5) is 38.6. The van der Waals surface area contributed by atoms with E-state index in [1.807, 2.05) is 6.92 Å². The smallest absolute Gasteiger partial charge is 0.309 e. The molecule has 1 aliphatic rings. The summed E-state index contributed by atoms with van der Waals surface area (Å²) in [5, 5.41) is 18.7. The van der Waals surface area contributed by atoms with E-state index in [-0.39, 0.29) is 17.4 Å². The quantitative estimate of drug-likeness (QED) is 0.763. The molecule has 2 rings (SSSR count). The number of aliphatic carboxylic acids is 1. The summed E-state index contributed by atoms with van der Waals surface area (Å²) in [5.74, 6) is -1.56. The first-order valence-corrected chi connectivity index (χ1v) is 6.84. The minimum Gasteiger partial charge on any atom is -0.494 e. The second kappa shape index (κ2) is 5.59. The molecule has 2 heterocycles. The Morgan fingerprint density at radius 2 is 1.95 bits per heavy atom. The van der Waals surface area contributed by atoms with Crippen molar-refractivity contribution >= 4 is 11.9 Å². The van der Waals surface area contributed by atoms with Gasteiger partial charge in [-0.05, 0) is 19.3 Å². The molecule has 1 amide bonds. The van der Waals surface area contributed by atoms with Crippen LogP contribution in [0.5, 0.6) is 5.88 Å². The standard InChI is InChI=1S/C14H18N2O5/c1-2-14(13(20)21)3-5-16(6-4-14)12(19)9-7-10(17)15-11(18)8-9/h7-8H,2-6H2,1H3,(H,20,21)(H2,15,17,18). The maximum Gasteiger partial charge on any atom is 0.309 e. The van der Waals surface area contributed by atoms with E-state index in [9.17, 15) is 24.6 Å². The number of hydrogen-bond acceptors (Lipinski definition) is 4. The van der Waals surface area contributed by atoms with Gasteiger partial charge in [-0.3, -0.25) is 19.4 Å². The molecule has 21 heavy (non-hydrogen) atoms. The van der Waals surface area contributed by atoms with Gasteiger partial charge in [-0.25, -0.2) is 0 Å². The first kappa shape index (κ1) is 15.1. The van der Waals surface area contributed by atoms with Crippen LogP contribution in [0.4, 0.5) is 0 Å². The highest BCUT2D eigenvalue weighted by molar-refractivity contribution is 5.94. The van der Waals surface area contributed by atoms with E-state index in [1.165, 1.54) is 11.0 Å². The molecule has 0 unspecified atom stereocenters. The Labute approximate surface area is 121 Å². The minimum absolute atomic E-state index is 0.107. The fourth-order valence-electron chi connectivity index (χ4n) is 2.69. The Morgan fingerprint density at radius 1 is 1.33 bits per heavy atom. The third-order valence-corrected chi connectivity index (χ3v) is 4.22. The van der Waals surface area contributed by atoms with Gasteiger partial charge in [-0.1, -0.05) is 6.92 Å². The molecular weight excluding hydrogens is 276 g/mol.